The van der Waals surface area contributed by atoms with Gasteiger partial charge in [-0.2, -0.15) is 5.43 Å². The van der Waals surface area contributed by atoms with Gasteiger partial charge in [0.15, 0.2) is 6.04 Å². The fourth-order valence-corrected chi connectivity index (χ4v) is 5.33. The third-order valence-electron chi connectivity index (χ3n) is 7.01. The van der Waals surface area contributed by atoms with Gasteiger partial charge in [-0.15, -0.1) is 4.68 Å². The SMILES string of the molecule is CC(N)=NC(=C1C=[N+](C2CCNCC2)NC1C)c1[nH]cc2c1CC(COCc1cccnc1)C2. The van der Waals surface area contributed by atoms with Crippen LogP contribution in [0.4, 0.5) is 0 Å². The largest absolute Gasteiger partial charge is 0.387 e. The van der Waals surface area contributed by atoms with Crippen LogP contribution in [0.25, 0.3) is 5.70 Å². The van der Waals surface area contributed by atoms with Crippen LogP contribution in [0.2, 0.25) is 0 Å². The molecule has 0 amide bonds. The Morgan fingerprint density at radius 3 is 2.91 bits per heavy atom. The van der Waals surface area contributed by atoms with E-state index in [0.29, 0.717) is 24.4 Å². The number of hydrogen-bond acceptors (Lipinski definition) is 5. The molecule has 4 heterocycles. The number of nitrogens with zero attached hydrogens (tertiary/aromatic N) is 3. The molecule has 2 atom stereocenters. The van der Waals surface area contributed by atoms with Crippen molar-refractivity contribution in [2.75, 3.05) is 19.7 Å². The van der Waals surface area contributed by atoms with Crippen molar-refractivity contribution in [1.29, 1.82) is 0 Å². The monoisotopic (exact) mass is 462 g/mol. The van der Waals surface area contributed by atoms with Gasteiger partial charge in [-0.05, 0) is 55.4 Å². The number of rotatable bonds is 7. The summed E-state index contributed by atoms with van der Waals surface area (Å²) in [5.74, 6) is 1.04. The molecule has 8 heteroatoms. The molecule has 1 fully saturated rings. The highest BCUT2D eigenvalue weighted by Crippen LogP contribution is 2.35. The van der Waals surface area contributed by atoms with Crippen LogP contribution in [0.3, 0.4) is 0 Å². The van der Waals surface area contributed by atoms with E-state index in [-0.39, 0.29) is 6.04 Å². The normalized spacial score (nSPS) is 24.6. The summed E-state index contributed by atoms with van der Waals surface area (Å²) in [6.07, 6.45) is 12.3. The van der Waals surface area contributed by atoms with E-state index in [9.17, 15) is 0 Å². The van der Waals surface area contributed by atoms with Gasteiger partial charge in [0, 0.05) is 44.5 Å². The molecule has 0 radical (unpaired) electrons. The quantitative estimate of drug-likeness (QED) is 0.287. The minimum Gasteiger partial charge on any atom is -0.387 e. The molecule has 5 rings (SSSR count). The van der Waals surface area contributed by atoms with Crippen LogP contribution >= 0.6 is 0 Å². The molecule has 34 heavy (non-hydrogen) atoms. The number of H-pyrrole nitrogens is 1. The molecule has 180 valence electrons. The molecule has 1 aliphatic carbocycles. The van der Waals surface area contributed by atoms with E-state index < -0.39 is 0 Å². The Labute approximate surface area is 201 Å². The van der Waals surface area contributed by atoms with Crippen LogP contribution in [0.5, 0.6) is 0 Å². The third-order valence-corrected chi connectivity index (χ3v) is 7.01. The zero-order valence-corrected chi connectivity index (χ0v) is 20.2. The molecule has 3 aliphatic rings. The summed E-state index contributed by atoms with van der Waals surface area (Å²) in [6.45, 7) is 7.52. The van der Waals surface area contributed by atoms with Crippen molar-refractivity contribution in [3.63, 3.8) is 0 Å². The van der Waals surface area contributed by atoms with Crippen molar-refractivity contribution < 1.29 is 9.42 Å². The minimum absolute atomic E-state index is 0.173. The van der Waals surface area contributed by atoms with Gasteiger partial charge in [0.25, 0.3) is 0 Å². The first kappa shape index (κ1) is 22.8. The number of piperidine rings is 1. The lowest BCUT2D eigenvalue weighted by molar-refractivity contribution is -0.616. The zero-order valence-electron chi connectivity index (χ0n) is 20.2. The van der Waals surface area contributed by atoms with Crippen LogP contribution in [0, 0.1) is 5.92 Å². The summed E-state index contributed by atoms with van der Waals surface area (Å²) in [5.41, 5.74) is 16.8. The van der Waals surface area contributed by atoms with E-state index in [0.717, 1.165) is 62.3 Å². The van der Waals surface area contributed by atoms with E-state index in [4.69, 9.17) is 15.5 Å². The fraction of sp³-hybridized carbons (Fsp3) is 0.500. The average molecular weight is 463 g/mol. The Bertz CT molecular complexity index is 1090. The summed E-state index contributed by atoms with van der Waals surface area (Å²) >= 11 is 0. The van der Waals surface area contributed by atoms with Crippen LogP contribution < -0.4 is 16.5 Å². The van der Waals surface area contributed by atoms with Crippen molar-refractivity contribution in [3.8, 4) is 0 Å². The van der Waals surface area contributed by atoms with Crippen molar-refractivity contribution in [2.24, 2.45) is 16.6 Å². The number of hydrazine groups is 1. The highest BCUT2D eigenvalue weighted by Gasteiger charge is 2.35. The Balaban J connectivity index is 1.35. The Kier molecular flexibility index (Phi) is 6.78. The first-order chi connectivity index (χ1) is 16.6. The number of ether oxygens (including phenoxy) is 1. The maximum absolute atomic E-state index is 6.10. The van der Waals surface area contributed by atoms with Crippen molar-refractivity contribution in [2.45, 2.75) is 58.2 Å². The molecule has 2 aliphatic heterocycles. The van der Waals surface area contributed by atoms with E-state index in [1.807, 2.05) is 19.2 Å². The maximum Gasteiger partial charge on any atom is 0.201 e. The fourth-order valence-electron chi connectivity index (χ4n) is 5.33. The van der Waals surface area contributed by atoms with Gasteiger partial charge in [0.2, 0.25) is 6.21 Å². The van der Waals surface area contributed by atoms with Crippen LogP contribution in [0.1, 0.15) is 49.1 Å². The Morgan fingerprint density at radius 1 is 1.29 bits per heavy atom. The van der Waals surface area contributed by atoms with Crippen molar-refractivity contribution >= 4 is 17.7 Å². The highest BCUT2D eigenvalue weighted by atomic mass is 16.5. The lowest BCUT2D eigenvalue weighted by Crippen LogP contribution is -2.43. The van der Waals surface area contributed by atoms with Crippen LogP contribution in [-0.4, -0.2) is 58.5 Å². The van der Waals surface area contributed by atoms with Crippen molar-refractivity contribution in [3.05, 3.63) is 58.7 Å². The number of fused-ring (bicyclic) bond motifs is 1. The number of aromatic amines is 1. The third kappa shape index (κ3) is 4.93. The molecule has 0 bridgehead atoms. The topological polar surface area (TPSA) is 103 Å². The minimum atomic E-state index is 0.173. The number of nitrogens with one attached hydrogen (secondary N) is 3. The first-order valence-corrected chi connectivity index (χ1v) is 12.4. The molecule has 0 aromatic carbocycles. The molecule has 5 N–H and O–H groups in total. The van der Waals surface area contributed by atoms with Gasteiger partial charge < -0.3 is 20.8 Å². The molecule has 1 saturated heterocycles. The second kappa shape index (κ2) is 10.1. The lowest BCUT2D eigenvalue weighted by atomic mass is 10.0. The number of pyridine rings is 1. The smallest absolute Gasteiger partial charge is 0.201 e. The van der Waals surface area contributed by atoms with Gasteiger partial charge >= 0.3 is 0 Å². The first-order valence-electron chi connectivity index (χ1n) is 12.4. The summed E-state index contributed by atoms with van der Waals surface area (Å²) < 4.78 is 8.32. The average Bonchev–Trinajstić information content (AvgIpc) is 3.53. The molecule has 2 unspecified atom stereocenters. The zero-order chi connectivity index (χ0) is 23.5. The number of hydrogen-bond donors (Lipinski definition) is 4. The number of hydrazone groups is 1. The number of aliphatic imine (C=N–C) groups is 1. The van der Waals surface area contributed by atoms with Gasteiger partial charge in [0.1, 0.15) is 11.7 Å². The summed E-state index contributed by atoms with van der Waals surface area (Å²) in [7, 11) is 0. The van der Waals surface area contributed by atoms with E-state index in [1.165, 1.54) is 16.7 Å². The van der Waals surface area contributed by atoms with Crippen LogP contribution in [-0.2, 0) is 24.2 Å². The van der Waals surface area contributed by atoms with E-state index in [1.54, 1.807) is 6.20 Å². The molecule has 8 nitrogen and oxygen atoms in total. The Hall–Kier alpha value is -2.97. The molecular weight excluding hydrogens is 426 g/mol. The van der Waals surface area contributed by atoms with Gasteiger partial charge in [-0.3, -0.25) is 4.98 Å². The molecule has 2 aromatic rings. The molecule has 0 saturated carbocycles. The second-order valence-electron chi connectivity index (χ2n) is 9.74. The lowest BCUT2D eigenvalue weighted by Gasteiger charge is -2.19. The summed E-state index contributed by atoms with van der Waals surface area (Å²) in [5, 5.41) is 3.45. The molecule has 2 aromatic heterocycles. The second-order valence-corrected chi connectivity index (χ2v) is 9.74. The number of amidine groups is 1. The predicted molar refractivity (Wildman–Crippen MR) is 135 cm³/mol. The Morgan fingerprint density at radius 2 is 2.15 bits per heavy atom. The predicted octanol–water partition coefficient (Wildman–Crippen LogP) is 2.17. The standard InChI is InChI=1S/C26H35N7O/c1-17-24(14-33(32-17)22-5-8-28-9-6-22)26(31-18(2)27)25-23-11-20(10-21(23)13-30-25)16-34-15-19-4-3-7-29-12-19/h3-4,7,12-14,17,20,22,28,32H,5-6,8-11,15-16H2,1-2H3,(H2,27,30,31)/p+1. The maximum atomic E-state index is 6.10. The highest BCUT2D eigenvalue weighted by molar-refractivity contribution is 5.95. The summed E-state index contributed by atoms with van der Waals surface area (Å²) in [6, 6.07) is 4.67. The van der Waals surface area contributed by atoms with E-state index in [2.05, 4.69) is 50.8 Å². The van der Waals surface area contributed by atoms with Gasteiger partial charge in [0.05, 0.1) is 30.3 Å². The molecule has 0 spiro atoms. The van der Waals surface area contributed by atoms with Crippen LogP contribution in [0.15, 0.2) is 41.3 Å². The van der Waals surface area contributed by atoms with Gasteiger partial charge in [-0.1, -0.05) is 6.07 Å². The number of aromatic nitrogens is 2. The number of nitrogens with two attached hydrogens (primary N) is 1. The van der Waals surface area contributed by atoms with E-state index >= 15 is 0 Å². The molecular formula is C26H36N7O+. The van der Waals surface area contributed by atoms with Crippen molar-refractivity contribution in [1.82, 2.24) is 20.7 Å². The van der Waals surface area contributed by atoms with Gasteiger partial charge in [-0.25, -0.2) is 4.99 Å². The summed E-state index contributed by atoms with van der Waals surface area (Å²) in [4.78, 5) is 12.5.